The van der Waals surface area contributed by atoms with Crippen LogP contribution in [0.5, 0.6) is 0 Å². The van der Waals surface area contributed by atoms with Crippen LogP contribution in [-0.4, -0.2) is 58.7 Å². The first kappa shape index (κ1) is 22.4. The van der Waals surface area contributed by atoms with E-state index in [9.17, 15) is 18.0 Å². The molecule has 1 fully saturated rings. The molecule has 1 saturated heterocycles. The number of likely N-dealkylation sites (N-methyl/N-ethyl adjacent to an activating group) is 2. The Morgan fingerprint density at radius 2 is 1.84 bits per heavy atom. The molecule has 4 rings (SSSR count). The van der Waals surface area contributed by atoms with E-state index in [1.165, 1.54) is 4.68 Å². The molecule has 0 N–H and O–H groups in total. The second kappa shape index (κ2) is 8.60. The van der Waals surface area contributed by atoms with Gasteiger partial charge in [0.1, 0.15) is 0 Å². The zero-order valence-corrected chi connectivity index (χ0v) is 18.4. The van der Waals surface area contributed by atoms with Gasteiger partial charge in [-0.05, 0) is 50.3 Å². The molecule has 1 amide bonds. The molecule has 0 aliphatic carbocycles. The average Bonchev–Trinajstić information content (AvgIpc) is 3.40. The maximum absolute atomic E-state index is 13.4. The summed E-state index contributed by atoms with van der Waals surface area (Å²) in [5, 5.41) is 4.04. The Morgan fingerprint density at radius 1 is 1.16 bits per heavy atom. The summed E-state index contributed by atoms with van der Waals surface area (Å²) >= 11 is 6.22. The maximum Gasteiger partial charge on any atom is 0.435 e. The van der Waals surface area contributed by atoms with E-state index in [4.69, 9.17) is 11.6 Å². The van der Waals surface area contributed by atoms with Gasteiger partial charge in [0.05, 0.1) is 16.4 Å². The first-order valence-electron chi connectivity index (χ1n) is 10.1. The van der Waals surface area contributed by atoms with Gasteiger partial charge in [0.2, 0.25) is 0 Å². The number of carbonyl (C=O) groups excluding carboxylic acids is 1. The van der Waals surface area contributed by atoms with Gasteiger partial charge in [0.25, 0.3) is 5.91 Å². The summed E-state index contributed by atoms with van der Waals surface area (Å²) in [5.74, 6) is -0.118. The van der Waals surface area contributed by atoms with Gasteiger partial charge in [-0.25, -0.2) is 4.68 Å². The van der Waals surface area contributed by atoms with Crippen molar-refractivity contribution in [3.63, 3.8) is 0 Å². The predicted molar refractivity (Wildman–Crippen MR) is 117 cm³/mol. The van der Waals surface area contributed by atoms with Crippen LogP contribution in [0.15, 0.2) is 54.6 Å². The molecule has 1 atom stereocenters. The molecule has 1 aliphatic heterocycles. The van der Waals surface area contributed by atoms with Crippen molar-refractivity contribution in [1.82, 2.24) is 19.6 Å². The van der Waals surface area contributed by atoms with E-state index in [-0.39, 0.29) is 22.7 Å². The number of amides is 1. The van der Waals surface area contributed by atoms with Crippen molar-refractivity contribution in [2.45, 2.75) is 18.6 Å². The summed E-state index contributed by atoms with van der Waals surface area (Å²) in [5.41, 5.74) is 0.524. The topological polar surface area (TPSA) is 41.4 Å². The number of halogens is 4. The molecule has 168 valence electrons. The molecule has 0 bridgehead atoms. The Morgan fingerprint density at radius 3 is 2.44 bits per heavy atom. The number of carbonyl (C=O) groups is 1. The van der Waals surface area contributed by atoms with Crippen LogP contribution in [0.4, 0.5) is 13.2 Å². The van der Waals surface area contributed by atoms with Crippen molar-refractivity contribution in [2.24, 2.45) is 0 Å². The fourth-order valence-electron chi connectivity index (χ4n) is 3.91. The second-order valence-corrected chi connectivity index (χ2v) is 8.38. The molecule has 5 nitrogen and oxygen atoms in total. The zero-order chi connectivity index (χ0) is 23.0. The summed E-state index contributed by atoms with van der Waals surface area (Å²) in [7, 11) is 3.80. The van der Waals surface area contributed by atoms with Gasteiger partial charge in [-0.1, -0.05) is 35.9 Å². The third kappa shape index (κ3) is 4.38. The van der Waals surface area contributed by atoms with E-state index in [1.807, 2.05) is 7.05 Å². The number of rotatable bonds is 4. The molecule has 0 saturated carbocycles. The Kier molecular flexibility index (Phi) is 6.01. The molecule has 3 aromatic rings. The molecular weight excluding hydrogens is 441 g/mol. The van der Waals surface area contributed by atoms with Crippen LogP contribution in [0.2, 0.25) is 5.02 Å². The highest BCUT2D eigenvalue weighted by Crippen LogP contribution is 2.34. The second-order valence-electron chi connectivity index (χ2n) is 7.97. The Balaban J connectivity index is 1.67. The van der Waals surface area contributed by atoms with Gasteiger partial charge in [-0.3, -0.25) is 4.79 Å². The highest BCUT2D eigenvalue weighted by atomic mass is 35.5. The van der Waals surface area contributed by atoms with Crippen molar-refractivity contribution < 1.29 is 18.0 Å². The van der Waals surface area contributed by atoms with Crippen LogP contribution in [0.1, 0.15) is 22.5 Å². The molecule has 9 heteroatoms. The van der Waals surface area contributed by atoms with Crippen molar-refractivity contribution in [1.29, 1.82) is 0 Å². The lowest BCUT2D eigenvalue weighted by atomic mass is 10.1. The van der Waals surface area contributed by atoms with E-state index < -0.39 is 11.9 Å². The minimum absolute atomic E-state index is 0.118. The van der Waals surface area contributed by atoms with Crippen LogP contribution >= 0.6 is 11.6 Å². The van der Waals surface area contributed by atoms with Gasteiger partial charge in [0, 0.05) is 30.8 Å². The summed E-state index contributed by atoms with van der Waals surface area (Å²) in [6.07, 6.45) is -3.69. The molecule has 0 spiro atoms. The first-order chi connectivity index (χ1) is 15.1. The van der Waals surface area contributed by atoms with E-state index in [0.29, 0.717) is 16.8 Å². The largest absolute Gasteiger partial charge is 0.435 e. The first-order valence-corrected chi connectivity index (χ1v) is 10.5. The molecule has 1 unspecified atom stereocenters. The smallest absolute Gasteiger partial charge is 0.337 e. The molecule has 32 heavy (non-hydrogen) atoms. The Bertz CT molecular complexity index is 1130. The van der Waals surface area contributed by atoms with Gasteiger partial charge in [-0.2, -0.15) is 18.3 Å². The number of para-hydroxylation sites is 1. The Labute approximate surface area is 189 Å². The highest BCUT2D eigenvalue weighted by molar-refractivity contribution is 6.32. The van der Waals surface area contributed by atoms with Crippen molar-refractivity contribution in [3.8, 4) is 16.9 Å². The van der Waals surface area contributed by atoms with Crippen molar-refractivity contribution in [3.05, 3.63) is 70.9 Å². The van der Waals surface area contributed by atoms with Gasteiger partial charge in [-0.15, -0.1) is 0 Å². The maximum atomic E-state index is 13.4. The molecule has 2 heterocycles. The molecular formula is C23H22ClF3N4O. The lowest BCUT2D eigenvalue weighted by molar-refractivity contribution is -0.141. The summed E-state index contributed by atoms with van der Waals surface area (Å²) in [4.78, 5) is 16.8. The monoisotopic (exact) mass is 462 g/mol. The SMILES string of the molecule is CN1CCC(N(C)C(=O)c2ccc(-c3cc(C(F)(F)F)nn3-c3ccccc3Cl)cc2)C1. The number of hydrogen-bond donors (Lipinski definition) is 0. The number of alkyl halides is 3. The predicted octanol–water partition coefficient (Wildman–Crippen LogP) is 4.99. The molecule has 1 aromatic heterocycles. The number of benzene rings is 2. The van der Waals surface area contributed by atoms with Gasteiger partial charge in [0.15, 0.2) is 5.69 Å². The molecule has 0 radical (unpaired) electrons. The number of hydrogen-bond acceptors (Lipinski definition) is 3. The fourth-order valence-corrected chi connectivity index (χ4v) is 4.13. The van der Waals surface area contributed by atoms with Crippen molar-refractivity contribution in [2.75, 3.05) is 27.2 Å². The van der Waals surface area contributed by atoms with Gasteiger partial charge >= 0.3 is 6.18 Å². The van der Waals surface area contributed by atoms with Crippen LogP contribution in [-0.2, 0) is 6.18 Å². The van der Waals surface area contributed by atoms with E-state index in [2.05, 4.69) is 10.00 Å². The summed E-state index contributed by atoms with van der Waals surface area (Å²) in [6.45, 7) is 1.76. The normalized spacial score (nSPS) is 17.0. The summed E-state index contributed by atoms with van der Waals surface area (Å²) in [6, 6.07) is 14.2. The van der Waals surface area contributed by atoms with E-state index in [0.717, 1.165) is 25.6 Å². The lowest BCUT2D eigenvalue weighted by Gasteiger charge is -2.24. The minimum Gasteiger partial charge on any atom is -0.337 e. The third-order valence-corrected chi connectivity index (χ3v) is 6.06. The van der Waals surface area contributed by atoms with E-state index in [1.54, 1.807) is 60.5 Å². The standard InChI is InChI=1S/C23H22ClF3N4O/c1-29-12-11-17(14-29)30(2)22(32)16-9-7-15(8-10-16)20-13-21(23(25,26)27)28-31(20)19-6-4-3-5-18(19)24/h3-10,13,17H,11-12,14H2,1-2H3. The average molecular weight is 463 g/mol. The summed E-state index contributed by atoms with van der Waals surface area (Å²) < 4.78 is 41.3. The quantitative estimate of drug-likeness (QED) is 0.548. The van der Waals surface area contributed by atoms with Crippen LogP contribution in [0.25, 0.3) is 16.9 Å². The number of nitrogens with zero attached hydrogens (tertiary/aromatic N) is 4. The number of likely N-dealkylation sites (tertiary alicyclic amines) is 1. The third-order valence-electron chi connectivity index (χ3n) is 5.74. The molecule has 1 aliphatic rings. The van der Waals surface area contributed by atoms with Gasteiger partial charge < -0.3 is 9.80 Å². The van der Waals surface area contributed by atoms with E-state index >= 15 is 0 Å². The zero-order valence-electron chi connectivity index (χ0n) is 17.6. The van der Waals surface area contributed by atoms with Crippen molar-refractivity contribution >= 4 is 17.5 Å². The molecule has 2 aromatic carbocycles. The lowest BCUT2D eigenvalue weighted by Crippen LogP contribution is -2.38. The highest BCUT2D eigenvalue weighted by Gasteiger charge is 2.35. The fraction of sp³-hybridized carbons (Fsp3) is 0.304. The Hall–Kier alpha value is -2.84. The van der Waals surface area contributed by atoms with Crippen LogP contribution in [0, 0.1) is 0 Å². The van der Waals surface area contributed by atoms with Crippen LogP contribution in [0.3, 0.4) is 0 Å². The van der Waals surface area contributed by atoms with Crippen LogP contribution < -0.4 is 0 Å². The minimum atomic E-state index is -4.60. The number of aromatic nitrogens is 2.